The molecule has 3 heteroatoms. The van der Waals surface area contributed by atoms with Crippen LogP contribution in [0, 0.1) is 22.7 Å². The number of hydrogen-bond acceptors (Lipinski definition) is 2. The Kier molecular flexibility index (Phi) is 4.57. The Balaban J connectivity index is 1.96. The average Bonchev–Trinajstić information content (AvgIpc) is 3.09. The minimum Gasteiger partial charge on any atom is -0.306 e. The Morgan fingerprint density at radius 2 is 1.83 bits per heavy atom. The summed E-state index contributed by atoms with van der Waals surface area (Å²) in [7, 11) is 0. The number of allylic oxidation sites excluding steroid dienone is 1. The summed E-state index contributed by atoms with van der Waals surface area (Å²) < 4.78 is 2.12. The van der Waals surface area contributed by atoms with Crippen LogP contribution in [-0.2, 0) is 0 Å². The van der Waals surface area contributed by atoms with Crippen LogP contribution in [0.1, 0.15) is 57.6 Å². The molecule has 0 spiro atoms. The lowest BCUT2D eigenvalue weighted by Crippen LogP contribution is -2.24. The fourth-order valence-corrected chi connectivity index (χ4v) is 3.70. The summed E-state index contributed by atoms with van der Waals surface area (Å²) in [5.74, 6) is 0.784. The number of rotatable bonds is 2. The molecule has 0 amide bonds. The number of hydrogen-bond donors (Lipinski definition) is 0. The normalized spacial score (nSPS) is 18.2. The van der Waals surface area contributed by atoms with Crippen LogP contribution in [0.5, 0.6) is 0 Å². The van der Waals surface area contributed by atoms with Gasteiger partial charge in [-0.05, 0) is 60.3 Å². The predicted octanol–water partition coefficient (Wildman–Crippen LogP) is 5.25. The summed E-state index contributed by atoms with van der Waals surface area (Å²) in [5.41, 5.74) is 4.98. The zero-order valence-electron chi connectivity index (χ0n) is 14.8. The molecule has 0 bridgehead atoms. The molecule has 0 atom stereocenters. The van der Waals surface area contributed by atoms with Crippen LogP contribution < -0.4 is 0 Å². The molecule has 0 N–H and O–H groups in total. The molecule has 0 unspecified atom stereocenters. The van der Waals surface area contributed by atoms with Crippen LogP contribution in [0.2, 0.25) is 0 Å². The van der Waals surface area contributed by atoms with Crippen LogP contribution in [0.4, 0.5) is 0 Å². The van der Waals surface area contributed by atoms with E-state index in [0.29, 0.717) is 11.0 Å². The molecule has 1 saturated carbocycles. The molecule has 1 aliphatic carbocycles. The van der Waals surface area contributed by atoms with Gasteiger partial charge in [-0.25, -0.2) is 4.98 Å². The first-order valence-electron chi connectivity index (χ1n) is 8.70. The molecular formula is C21H25N3. The van der Waals surface area contributed by atoms with Crippen molar-refractivity contribution in [1.29, 1.82) is 5.26 Å². The summed E-state index contributed by atoms with van der Waals surface area (Å²) in [5, 5.41) is 9.03. The Morgan fingerprint density at radius 1 is 1.17 bits per heavy atom. The molecule has 1 aromatic carbocycles. The lowest BCUT2D eigenvalue weighted by molar-refractivity contribution is 0.197. The second kappa shape index (κ2) is 6.65. The van der Waals surface area contributed by atoms with Gasteiger partial charge in [-0.15, -0.1) is 0 Å². The van der Waals surface area contributed by atoms with Crippen LogP contribution in [-0.4, -0.2) is 9.55 Å². The minimum atomic E-state index is 0.384. The van der Waals surface area contributed by atoms with E-state index in [0.717, 1.165) is 24.3 Å². The van der Waals surface area contributed by atoms with E-state index in [4.69, 9.17) is 5.26 Å². The molecule has 3 nitrogen and oxygen atoms in total. The van der Waals surface area contributed by atoms with E-state index in [-0.39, 0.29) is 0 Å². The maximum absolute atomic E-state index is 9.03. The minimum absolute atomic E-state index is 0.384. The largest absolute Gasteiger partial charge is 0.306 e. The SMILES string of the molecule is CC(C)(C)C1CCC(=C(c2ccc(C#N)cc2)n2ccnc2)CC1. The first kappa shape index (κ1) is 16.5. The molecule has 1 heterocycles. The average molecular weight is 319 g/mol. The van der Waals surface area contributed by atoms with Gasteiger partial charge in [0.25, 0.3) is 0 Å². The lowest BCUT2D eigenvalue weighted by Gasteiger charge is -2.35. The maximum atomic E-state index is 9.03. The fraction of sp³-hybridized carbons (Fsp3) is 0.429. The van der Waals surface area contributed by atoms with Crippen molar-refractivity contribution in [1.82, 2.24) is 9.55 Å². The van der Waals surface area contributed by atoms with Gasteiger partial charge >= 0.3 is 0 Å². The van der Waals surface area contributed by atoms with Crippen LogP contribution in [0.25, 0.3) is 5.70 Å². The molecule has 1 aromatic heterocycles. The first-order valence-corrected chi connectivity index (χ1v) is 8.70. The van der Waals surface area contributed by atoms with Crippen molar-refractivity contribution in [2.45, 2.75) is 46.5 Å². The van der Waals surface area contributed by atoms with Gasteiger partial charge in [0, 0.05) is 12.4 Å². The van der Waals surface area contributed by atoms with Crippen molar-refractivity contribution in [3.63, 3.8) is 0 Å². The zero-order chi connectivity index (χ0) is 17.2. The highest BCUT2D eigenvalue weighted by Crippen LogP contribution is 2.41. The van der Waals surface area contributed by atoms with Gasteiger partial charge in [0.2, 0.25) is 0 Å². The summed E-state index contributed by atoms with van der Waals surface area (Å²) in [4.78, 5) is 4.23. The van der Waals surface area contributed by atoms with E-state index < -0.39 is 0 Å². The third-order valence-corrected chi connectivity index (χ3v) is 5.20. The van der Waals surface area contributed by atoms with E-state index in [1.807, 2.05) is 30.9 Å². The molecule has 2 aromatic rings. The third-order valence-electron chi connectivity index (χ3n) is 5.20. The Labute approximate surface area is 144 Å². The van der Waals surface area contributed by atoms with Crippen LogP contribution >= 0.6 is 0 Å². The highest BCUT2D eigenvalue weighted by molar-refractivity contribution is 5.69. The van der Waals surface area contributed by atoms with Gasteiger partial charge in [-0.3, -0.25) is 0 Å². The number of nitriles is 1. The van der Waals surface area contributed by atoms with Gasteiger partial charge in [-0.1, -0.05) is 32.9 Å². The second-order valence-corrected chi connectivity index (χ2v) is 7.75. The van der Waals surface area contributed by atoms with E-state index >= 15 is 0 Å². The summed E-state index contributed by atoms with van der Waals surface area (Å²) in [6.45, 7) is 7.05. The number of nitrogens with zero attached hydrogens (tertiary/aromatic N) is 3. The second-order valence-electron chi connectivity index (χ2n) is 7.75. The predicted molar refractivity (Wildman–Crippen MR) is 97.1 cm³/mol. The van der Waals surface area contributed by atoms with E-state index in [2.05, 4.69) is 48.5 Å². The van der Waals surface area contributed by atoms with Crippen molar-refractivity contribution in [3.05, 3.63) is 59.7 Å². The molecule has 24 heavy (non-hydrogen) atoms. The number of imidazole rings is 1. The number of aromatic nitrogens is 2. The third kappa shape index (κ3) is 3.43. The van der Waals surface area contributed by atoms with E-state index in [1.54, 1.807) is 0 Å². The highest BCUT2D eigenvalue weighted by atomic mass is 15.0. The molecule has 0 aliphatic heterocycles. The van der Waals surface area contributed by atoms with E-state index in [9.17, 15) is 0 Å². The summed E-state index contributed by atoms with van der Waals surface area (Å²) in [6.07, 6.45) is 10.5. The van der Waals surface area contributed by atoms with Crippen LogP contribution in [0.15, 0.2) is 48.6 Å². The molecule has 0 saturated heterocycles. The quantitative estimate of drug-likeness (QED) is 0.758. The number of benzene rings is 1. The van der Waals surface area contributed by atoms with Gasteiger partial charge in [0.15, 0.2) is 0 Å². The fourth-order valence-electron chi connectivity index (χ4n) is 3.70. The van der Waals surface area contributed by atoms with Crippen molar-refractivity contribution in [2.75, 3.05) is 0 Å². The maximum Gasteiger partial charge on any atom is 0.0991 e. The monoisotopic (exact) mass is 319 g/mol. The van der Waals surface area contributed by atoms with Gasteiger partial charge in [0.05, 0.1) is 23.7 Å². The standard InChI is InChI=1S/C21H25N3/c1-21(2,3)19-10-8-18(9-11-19)20(24-13-12-23-15-24)17-6-4-16(14-22)5-7-17/h4-7,12-13,15,19H,8-11H2,1-3H3. The molecule has 0 radical (unpaired) electrons. The molecule has 3 rings (SSSR count). The van der Waals surface area contributed by atoms with Crippen molar-refractivity contribution in [2.24, 2.45) is 11.3 Å². The summed E-state index contributed by atoms with van der Waals surface area (Å²) >= 11 is 0. The molecule has 1 aliphatic rings. The van der Waals surface area contributed by atoms with E-state index in [1.165, 1.54) is 24.1 Å². The Hall–Kier alpha value is -2.34. The van der Waals surface area contributed by atoms with Crippen molar-refractivity contribution < 1.29 is 0 Å². The highest BCUT2D eigenvalue weighted by Gasteiger charge is 2.28. The van der Waals surface area contributed by atoms with Crippen molar-refractivity contribution in [3.8, 4) is 6.07 Å². The first-order chi connectivity index (χ1) is 11.5. The smallest absolute Gasteiger partial charge is 0.0991 e. The zero-order valence-corrected chi connectivity index (χ0v) is 14.8. The Bertz CT molecular complexity index is 743. The summed E-state index contributed by atoms with van der Waals surface area (Å²) in [6, 6.07) is 10.1. The van der Waals surface area contributed by atoms with Gasteiger partial charge < -0.3 is 4.57 Å². The molecule has 124 valence electrons. The molecule has 1 fully saturated rings. The van der Waals surface area contributed by atoms with Crippen molar-refractivity contribution >= 4 is 5.70 Å². The Morgan fingerprint density at radius 3 is 2.33 bits per heavy atom. The lowest BCUT2D eigenvalue weighted by atomic mass is 9.71. The topological polar surface area (TPSA) is 41.6 Å². The van der Waals surface area contributed by atoms with Gasteiger partial charge in [-0.2, -0.15) is 5.26 Å². The van der Waals surface area contributed by atoms with Gasteiger partial charge in [0.1, 0.15) is 0 Å². The molecular weight excluding hydrogens is 294 g/mol. The van der Waals surface area contributed by atoms with Crippen LogP contribution in [0.3, 0.4) is 0 Å².